The summed E-state index contributed by atoms with van der Waals surface area (Å²) in [5.74, 6) is 0.133. The minimum absolute atomic E-state index is 0.133. The second-order valence-electron chi connectivity index (χ2n) is 5.64. The number of anilines is 1. The smallest absolute Gasteiger partial charge is 0.221 e. The lowest BCUT2D eigenvalue weighted by Crippen LogP contribution is -2.28. The maximum Gasteiger partial charge on any atom is 0.221 e. The molecule has 1 saturated heterocycles. The van der Waals surface area contributed by atoms with Crippen LogP contribution in [0.2, 0.25) is 0 Å². The van der Waals surface area contributed by atoms with Gasteiger partial charge in [0.1, 0.15) is 0 Å². The Balaban J connectivity index is 1.65. The lowest BCUT2D eigenvalue weighted by atomic mass is 10.2. The van der Waals surface area contributed by atoms with Crippen molar-refractivity contribution in [1.82, 2.24) is 10.6 Å². The molecular weight excluding hydrogens is 262 g/mol. The van der Waals surface area contributed by atoms with E-state index in [9.17, 15) is 4.79 Å². The third kappa shape index (κ3) is 5.38. The van der Waals surface area contributed by atoms with Crippen LogP contribution in [0.4, 0.5) is 5.69 Å². The first kappa shape index (κ1) is 15.8. The average molecular weight is 289 g/mol. The predicted molar refractivity (Wildman–Crippen MR) is 87.5 cm³/mol. The van der Waals surface area contributed by atoms with Crippen molar-refractivity contribution < 1.29 is 4.79 Å². The van der Waals surface area contributed by atoms with E-state index >= 15 is 0 Å². The third-order valence-corrected chi connectivity index (χ3v) is 3.84. The summed E-state index contributed by atoms with van der Waals surface area (Å²) in [5.41, 5.74) is 2.60. The predicted octanol–water partition coefficient (Wildman–Crippen LogP) is 2.29. The topological polar surface area (TPSA) is 44.4 Å². The van der Waals surface area contributed by atoms with Gasteiger partial charge in [-0.3, -0.25) is 4.79 Å². The highest BCUT2D eigenvalue weighted by molar-refractivity contribution is 5.75. The molecule has 0 radical (unpaired) electrons. The van der Waals surface area contributed by atoms with E-state index in [0.29, 0.717) is 6.42 Å². The van der Waals surface area contributed by atoms with Gasteiger partial charge in [0.2, 0.25) is 5.91 Å². The van der Waals surface area contributed by atoms with Crippen molar-refractivity contribution in [3.8, 4) is 0 Å². The molecule has 21 heavy (non-hydrogen) atoms. The van der Waals surface area contributed by atoms with Gasteiger partial charge in [0, 0.05) is 44.8 Å². The Labute approximate surface area is 127 Å². The second kappa shape index (κ2) is 8.67. The Bertz CT molecular complexity index is 424. The summed E-state index contributed by atoms with van der Waals surface area (Å²) in [4.78, 5) is 13.9. The molecule has 1 amide bonds. The van der Waals surface area contributed by atoms with Crippen LogP contribution in [0, 0.1) is 0 Å². The summed E-state index contributed by atoms with van der Waals surface area (Å²) in [6.07, 6.45) is 4.15. The van der Waals surface area contributed by atoms with Crippen LogP contribution in [0.3, 0.4) is 0 Å². The monoisotopic (exact) mass is 289 g/mol. The number of carbonyl (C=O) groups is 1. The molecule has 4 heteroatoms. The summed E-state index contributed by atoms with van der Waals surface area (Å²) in [6.45, 7) is 6.75. The van der Waals surface area contributed by atoms with Crippen molar-refractivity contribution in [2.75, 3.05) is 31.1 Å². The largest absolute Gasteiger partial charge is 0.372 e. The van der Waals surface area contributed by atoms with Crippen molar-refractivity contribution in [3.63, 3.8) is 0 Å². The van der Waals surface area contributed by atoms with Crippen LogP contribution in [0.15, 0.2) is 24.3 Å². The molecule has 1 fully saturated rings. The van der Waals surface area contributed by atoms with E-state index in [0.717, 1.165) is 26.1 Å². The molecule has 0 atom stereocenters. The fourth-order valence-corrected chi connectivity index (χ4v) is 2.59. The molecule has 1 aliphatic rings. The fraction of sp³-hybridized carbons (Fsp3) is 0.588. The van der Waals surface area contributed by atoms with Crippen molar-refractivity contribution in [2.24, 2.45) is 0 Å². The third-order valence-electron chi connectivity index (χ3n) is 3.84. The average Bonchev–Trinajstić information content (AvgIpc) is 3.04. The molecule has 2 rings (SSSR count). The molecule has 0 bridgehead atoms. The number of nitrogens with one attached hydrogen (secondary N) is 2. The zero-order valence-electron chi connectivity index (χ0n) is 13.0. The van der Waals surface area contributed by atoms with Gasteiger partial charge in [-0.25, -0.2) is 0 Å². The van der Waals surface area contributed by atoms with Gasteiger partial charge < -0.3 is 15.5 Å². The standard InChI is InChI=1S/C17H27N3O/c1-2-10-19-17(21)9-11-18-14-15-5-7-16(8-6-15)20-12-3-4-13-20/h5-8,18H,2-4,9-14H2,1H3,(H,19,21). The van der Waals surface area contributed by atoms with Crippen molar-refractivity contribution in [2.45, 2.75) is 39.2 Å². The van der Waals surface area contributed by atoms with E-state index in [4.69, 9.17) is 0 Å². The molecule has 0 spiro atoms. The van der Waals surface area contributed by atoms with Gasteiger partial charge in [-0.2, -0.15) is 0 Å². The van der Waals surface area contributed by atoms with Gasteiger partial charge in [-0.1, -0.05) is 19.1 Å². The summed E-state index contributed by atoms with van der Waals surface area (Å²) in [5, 5.41) is 6.21. The molecule has 0 aliphatic carbocycles. The number of hydrogen-bond donors (Lipinski definition) is 2. The molecule has 1 aromatic carbocycles. The Morgan fingerprint density at radius 2 is 1.86 bits per heavy atom. The lowest BCUT2D eigenvalue weighted by molar-refractivity contribution is -0.120. The normalized spacial score (nSPS) is 14.4. The van der Waals surface area contributed by atoms with Gasteiger partial charge in [0.25, 0.3) is 0 Å². The Kier molecular flexibility index (Phi) is 6.54. The Morgan fingerprint density at radius 1 is 1.14 bits per heavy atom. The summed E-state index contributed by atoms with van der Waals surface area (Å²) in [6, 6.07) is 8.77. The van der Waals surface area contributed by atoms with Crippen molar-refractivity contribution in [1.29, 1.82) is 0 Å². The first-order chi connectivity index (χ1) is 10.3. The van der Waals surface area contributed by atoms with E-state index < -0.39 is 0 Å². The van der Waals surface area contributed by atoms with Crippen LogP contribution < -0.4 is 15.5 Å². The van der Waals surface area contributed by atoms with E-state index in [-0.39, 0.29) is 5.91 Å². The SMILES string of the molecule is CCCNC(=O)CCNCc1ccc(N2CCCC2)cc1. The number of rotatable bonds is 8. The van der Waals surface area contributed by atoms with Gasteiger partial charge in [0.15, 0.2) is 0 Å². The van der Waals surface area contributed by atoms with Gasteiger partial charge >= 0.3 is 0 Å². The Morgan fingerprint density at radius 3 is 2.52 bits per heavy atom. The Hall–Kier alpha value is -1.55. The summed E-state index contributed by atoms with van der Waals surface area (Å²) >= 11 is 0. The highest BCUT2D eigenvalue weighted by Crippen LogP contribution is 2.20. The molecule has 1 aromatic rings. The first-order valence-corrected chi connectivity index (χ1v) is 8.11. The minimum atomic E-state index is 0.133. The fourth-order valence-electron chi connectivity index (χ4n) is 2.59. The molecule has 0 saturated carbocycles. The van der Waals surface area contributed by atoms with Crippen molar-refractivity contribution in [3.05, 3.63) is 29.8 Å². The van der Waals surface area contributed by atoms with E-state index in [1.54, 1.807) is 0 Å². The molecule has 1 aliphatic heterocycles. The van der Waals surface area contributed by atoms with Gasteiger partial charge in [-0.15, -0.1) is 0 Å². The van der Waals surface area contributed by atoms with Crippen LogP contribution in [0.25, 0.3) is 0 Å². The van der Waals surface area contributed by atoms with Crippen LogP contribution in [-0.4, -0.2) is 32.1 Å². The maximum absolute atomic E-state index is 11.4. The van der Waals surface area contributed by atoms with Crippen LogP contribution >= 0.6 is 0 Å². The molecule has 1 heterocycles. The number of hydrogen-bond acceptors (Lipinski definition) is 3. The molecule has 4 nitrogen and oxygen atoms in total. The number of nitrogens with zero attached hydrogens (tertiary/aromatic N) is 1. The molecule has 116 valence electrons. The van der Waals surface area contributed by atoms with E-state index in [1.807, 2.05) is 0 Å². The highest BCUT2D eigenvalue weighted by atomic mass is 16.1. The molecule has 0 aromatic heterocycles. The van der Waals surface area contributed by atoms with Crippen LogP contribution in [0.1, 0.15) is 38.2 Å². The molecule has 2 N–H and O–H groups in total. The zero-order valence-corrected chi connectivity index (χ0v) is 13.0. The summed E-state index contributed by atoms with van der Waals surface area (Å²) in [7, 11) is 0. The van der Waals surface area contributed by atoms with E-state index in [1.165, 1.54) is 37.2 Å². The zero-order chi connectivity index (χ0) is 14.9. The van der Waals surface area contributed by atoms with Crippen molar-refractivity contribution >= 4 is 11.6 Å². The first-order valence-electron chi connectivity index (χ1n) is 8.11. The highest BCUT2D eigenvalue weighted by Gasteiger charge is 2.11. The van der Waals surface area contributed by atoms with E-state index in [2.05, 4.69) is 46.7 Å². The number of amides is 1. The van der Waals surface area contributed by atoms with Gasteiger partial charge in [0.05, 0.1) is 0 Å². The quantitative estimate of drug-likeness (QED) is 0.722. The maximum atomic E-state index is 11.4. The van der Waals surface area contributed by atoms with Crippen LogP contribution in [-0.2, 0) is 11.3 Å². The molecule has 0 unspecified atom stereocenters. The molecular formula is C17H27N3O. The number of carbonyl (C=O) groups excluding carboxylic acids is 1. The second-order valence-corrected chi connectivity index (χ2v) is 5.64. The minimum Gasteiger partial charge on any atom is -0.372 e. The van der Waals surface area contributed by atoms with Crippen LogP contribution in [0.5, 0.6) is 0 Å². The lowest BCUT2D eigenvalue weighted by Gasteiger charge is -2.17. The summed E-state index contributed by atoms with van der Waals surface area (Å²) < 4.78 is 0. The van der Waals surface area contributed by atoms with Gasteiger partial charge in [-0.05, 0) is 37.0 Å². The number of benzene rings is 1.